The van der Waals surface area contributed by atoms with Crippen molar-refractivity contribution in [2.24, 2.45) is 4.99 Å². The highest BCUT2D eigenvalue weighted by Gasteiger charge is 2.18. The molecule has 4 heteroatoms. The van der Waals surface area contributed by atoms with Crippen molar-refractivity contribution in [1.29, 1.82) is 0 Å². The summed E-state index contributed by atoms with van der Waals surface area (Å²) in [6, 6.07) is 9.89. The molecule has 0 aliphatic carbocycles. The lowest BCUT2D eigenvalue weighted by Crippen LogP contribution is -2.08. The Labute approximate surface area is 112 Å². The van der Waals surface area contributed by atoms with E-state index >= 15 is 0 Å². The molecule has 1 aliphatic heterocycles. The molecule has 1 aromatic carbocycles. The minimum absolute atomic E-state index is 0.578. The molecule has 0 unspecified atom stereocenters. The largest absolute Gasteiger partial charge is 0.477 e. The highest BCUT2D eigenvalue weighted by Crippen LogP contribution is 2.35. The van der Waals surface area contributed by atoms with Crippen molar-refractivity contribution in [1.82, 2.24) is 4.98 Å². The molecule has 2 aromatic rings. The average Bonchev–Trinajstić information content (AvgIpc) is 2.57. The zero-order valence-corrected chi connectivity index (χ0v) is 11.0. The number of rotatable bonds is 1. The van der Waals surface area contributed by atoms with Crippen LogP contribution in [0.3, 0.4) is 0 Å². The van der Waals surface area contributed by atoms with E-state index in [0.29, 0.717) is 12.5 Å². The first-order valence-electron chi connectivity index (χ1n) is 6.33. The molecule has 1 N–H and O–H groups in total. The summed E-state index contributed by atoms with van der Waals surface area (Å²) in [5, 5.41) is 3.33. The molecule has 0 saturated carbocycles. The molecule has 1 aliphatic rings. The van der Waals surface area contributed by atoms with E-state index in [4.69, 9.17) is 4.74 Å². The molecule has 3 rings (SSSR count). The summed E-state index contributed by atoms with van der Waals surface area (Å²) in [4.78, 5) is 9.03. The number of benzene rings is 1. The lowest BCUT2D eigenvalue weighted by molar-refractivity contribution is 0.329. The first-order chi connectivity index (χ1) is 9.29. The molecule has 0 spiro atoms. The fraction of sp³-hybridized carbons (Fsp3) is 0.200. The van der Waals surface area contributed by atoms with Crippen molar-refractivity contribution in [2.45, 2.75) is 13.8 Å². The van der Waals surface area contributed by atoms with Gasteiger partial charge in [-0.2, -0.15) is 0 Å². The fourth-order valence-electron chi connectivity index (χ4n) is 2.12. The maximum atomic E-state index is 5.67. The first kappa shape index (κ1) is 11.7. The average molecular weight is 253 g/mol. The standard InChI is InChI=1S/C15H15N3O/c1-3-19-15-11-7-5-9-16-14(11)17-12-8-4-6-10(2)13(12)18-15/h4-9H,3H2,1-2H3,(H,16,17). The zero-order chi connectivity index (χ0) is 13.2. The number of aliphatic imine (C=N–C) groups is 1. The van der Waals surface area contributed by atoms with Gasteiger partial charge in [-0.05, 0) is 37.6 Å². The summed E-state index contributed by atoms with van der Waals surface area (Å²) >= 11 is 0. The van der Waals surface area contributed by atoms with Gasteiger partial charge in [0.15, 0.2) is 0 Å². The van der Waals surface area contributed by atoms with Crippen LogP contribution in [0.1, 0.15) is 18.1 Å². The van der Waals surface area contributed by atoms with Gasteiger partial charge in [0.25, 0.3) is 0 Å². The Morgan fingerprint density at radius 1 is 1.21 bits per heavy atom. The van der Waals surface area contributed by atoms with Crippen LogP contribution in [0.5, 0.6) is 0 Å². The van der Waals surface area contributed by atoms with E-state index in [9.17, 15) is 0 Å². The van der Waals surface area contributed by atoms with Gasteiger partial charge in [0.1, 0.15) is 5.82 Å². The van der Waals surface area contributed by atoms with Crippen LogP contribution in [0.4, 0.5) is 17.2 Å². The summed E-state index contributed by atoms with van der Waals surface area (Å²) < 4.78 is 5.67. The van der Waals surface area contributed by atoms with Crippen LogP contribution in [-0.2, 0) is 4.74 Å². The maximum absolute atomic E-state index is 5.67. The van der Waals surface area contributed by atoms with E-state index in [-0.39, 0.29) is 0 Å². The molecule has 0 amide bonds. The second kappa shape index (κ2) is 4.72. The summed E-state index contributed by atoms with van der Waals surface area (Å²) in [5.74, 6) is 1.39. The van der Waals surface area contributed by atoms with Gasteiger partial charge >= 0.3 is 0 Å². The molecule has 1 aromatic heterocycles. The predicted molar refractivity (Wildman–Crippen MR) is 76.5 cm³/mol. The molecular weight excluding hydrogens is 238 g/mol. The van der Waals surface area contributed by atoms with Crippen LogP contribution in [-0.4, -0.2) is 17.5 Å². The number of hydrogen-bond donors (Lipinski definition) is 1. The Kier molecular flexibility index (Phi) is 2.91. The minimum Gasteiger partial charge on any atom is -0.477 e. The van der Waals surface area contributed by atoms with Crippen LogP contribution in [0.15, 0.2) is 41.5 Å². The van der Waals surface area contributed by atoms with Crippen LogP contribution >= 0.6 is 0 Å². The van der Waals surface area contributed by atoms with Gasteiger partial charge in [-0.15, -0.1) is 0 Å². The Balaban J connectivity index is 2.23. The van der Waals surface area contributed by atoms with E-state index in [1.807, 2.05) is 44.2 Å². The second-order valence-electron chi connectivity index (χ2n) is 4.35. The number of aromatic nitrogens is 1. The van der Waals surface area contributed by atoms with Gasteiger partial charge in [-0.25, -0.2) is 9.98 Å². The predicted octanol–water partition coefficient (Wildman–Crippen LogP) is 3.56. The second-order valence-corrected chi connectivity index (χ2v) is 4.35. The van der Waals surface area contributed by atoms with Crippen LogP contribution in [0.25, 0.3) is 0 Å². The molecular formula is C15H15N3O. The number of nitrogens with zero attached hydrogens (tertiary/aromatic N) is 2. The number of nitrogens with one attached hydrogen (secondary N) is 1. The Hall–Kier alpha value is -2.36. The lowest BCUT2D eigenvalue weighted by atomic mass is 10.2. The van der Waals surface area contributed by atoms with Crippen molar-refractivity contribution in [3.8, 4) is 0 Å². The topological polar surface area (TPSA) is 46.5 Å². The molecule has 4 nitrogen and oxygen atoms in total. The van der Waals surface area contributed by atoms with E-state index in [1.165, 1.54) is 0 Å². The van der Waals surface area contributed by atoms with Crippen LogP contribution in [0, 0.1) is 6.92 Å². The third-order valence-corrected chi connectivity index (χ3v) is 3.02. The third-order valence-electron chi connectivity index (χ3n) is 3.02. The van der Waals surface area contributed by atoms with Crippen molar-refractivity contribution >= 4 is 23.1 Å². The minimum atomic E-state index is 0.578. The van der Waals surface area contributed by atoms with Crippen molar-refractivity contribution in [2.75, 3.05) is 11.9 Å². The number of pyridine rings is 1. The smallest absolute Gasteiger partial charge is 0.225 e. The van der Waals surface area contributed by atoms with Gasteiger partial charge in [-0.3, -0.25) is 0 Å². The molecule has 0 radical (unpaired) electrons. The Bertz CT molecular complexity index is 650. The molecule has 0 saturated heterocycles. The summed E-state index contributed by atoms with van der Waals surface area (Å²) in [7, 11) is 0. The number of aryl methyl sites for hydroxylation is 1. The van der Waals surface area contributed by atoms with Gasteiger partial charge in [0, 0.05) is 6.20 Å². The highest BCUT2D eigenvalue weighted by molar-refractivity contribution is 6.03. The normalized spacial score (nSPS) is 12.6. The van der Waals surface area contributed by atoms with Crippen molar-refractivity contribution in [3.05, 3.63) is 47.7 Å². The molecule has 0 bridgehead atoms. The third kappa shape index (κ3) is 2.05. The van der Waals surface area contributed by atoms with Crippen LogP contribution < -0.4 is 5.32 Å². The van der Waals surface area contributed by atoms with E-state index in [0.717, 1.165) is 28.3 Å². The molecule has 2 heterocycles. The van der Waals surface area contributed by atoms with E-state index in [1.54, 1.807) is 6.20 Å². The van der Waals surface area contributed by atoms with Gasteiger partial charge in [0.05, 0.1) is 23.5 Å². The number of hydrogen-bond acceptors (Lipinski definition) is 4. The number of ether oxygens (including phenoxy) is 1. The number of anilines is 2. The summed E-state index contributed by atoms with van der Waals surface area (Å²) in [6.07, 6.45) is 1.76. The molecule has 19 heavy (non-hydrogen) atoms. The molecule has 96 valence electrons. The molecule has 0 fully saturated rings. The van der Waals surface area contributed by atoms with Crippen LogP contribution in [0.2, 0.25) is 0 Å². The zero-order valence-electron chi connectivity index (χ0n) is 11.0. The summed E-state index contributed by atoms with van der Waals surface area (Å²) in [5.41, 5.74) is 3.86. The monoisotopic (exact) mass is 253 g/mol. The molecule has 0 atom stereocenters. The SMILES string of the molecule is CCOC1=Nc2c(C)cccc2Nc2ncccc21. The number of para-hydroxylation sites is 1. The van der Waals surface area contributed by atoms with Gasteiger partial charge < -0.3 is 10.1 Å². The maximum Gasteiger partial charge on any atom is 0.225 e. The van der Waals surface area contributed by atoms with E-state index < -0.39 is 0 Å². The highest BCUT2D eigenvalue weighted by atomic mass is 16.5. The Morgan fingerprint density at radius 3 is 2.95 bits per heavy atom. The Morgan fingerprint density at radius 2 is 2.11 bits per heavy atom. The van der Waals surface area contributed by atoms with E-state index in [2.05, 4.69) is 15.3 Å². The summed E-state index contributed by atoms with van der Waals surface area (Å²) in [6.45, 7) is 4.57. The number of fused-ring (bicyclic) bond motifs is 2. The van der Waals surface area contributed by atoms with Gasteiger partial charge in [0.2, 0.25) is 5.90 Å². The lowest BCUT2D eigenvalue weighted by Gasteiger charge is -2.08. The fourth-order valence-corrected chi connectivity index (χ4v) is 2.12. The van der Waals surface area contributed by atoms with Crippen molar-refractivity contribution in [3.63, 3.8) is 0 Å². The quantitative estimate of drug-likeness (QED) is 0.845. The first-order valence-corrected chi connectivity index (χ1v) is 6.33. The van der Waals surface area contributed by atoms with Crippen molar-refractivity contribution < 1.29 is 4.74 Å². The van der Waals surface area contributed by atoms with Gasteiger partial charge in [-0.1, -0.05) is 12.1 Å².